The summed E-state index contributed by atoms with van der Waals surface area (Å²) in [6, 6.07) is -0.317. The van der Waals surface area contributed by atoms with Crippen LogP contribution in [0, 0.1) is 11.8 Å². The zero-order chi connectivity index (χ0) is 12.0. The molecule has 0 spiro atoms. The number of carbonyl (C=O) groups excluding carboxylic acids is 1. The maximum absolute atomic E-state index is 11.4. The number of aliphatic carboxylic acids is 1. The van der Waals surface area contributed by atoms with Gasteiger partial charge >= 0.3 is 5.97 Å². The molecule has 2 N–H and O–H groups in total. The van der Waals surface area contributed by atoms with Crippen LogP contribution in [-0.2, 0) is 9.59 Å². The number of rotatable bonds is 6. The van der Waals surface area contributed by atoms with Crippen molar-refractivity contribution in [1.29, 1.82) is 0 Å². The van der Waals surface area contributed by atoms with E-state index >= 15 is 0 Å². The third-order valence-electron chi connectivity index (χ3n) is 2.48. The number of carbonyl (C=O) groups is 2. The van der Waals surface area contributed by atoms with Gasteiger partial charge in [-0.05, 0) is 26.2 Å². The van der Waals surface area contributed by atoms with Crippen molar-refractivity contribution >= 4 is 11.9 Å². The first-order chi connectivity index (χ1) is 6.84. The first kappa shape index (κ1) is 13.9. The SMILES string of the molecule is CC(C)CCC(=O)NC(C)C(C)C(=O)O. The highest BCUT2D eigenvalue weighted by molar-refractivity contribution is 5.77. The van der Waals surface area contributed by atoms with Gasteiger partial charge in [-0.25, -0.2) is 0 Å². The average molecular weight is 215 g/mol. The minimum atomic E-state index is -0.883. The van der Waals surface area contributed by atoms with Crippen molar-refractivity contribution in [3.8, 4) is 0 Å². The lowest BCUT2D eigenvalue weighted by molar-refractivity contribution is -0.142. The quantitative estimate of drug-likeness (QED) is 0.708. The van der Waals surface area contributed by atoms with Gasteiger partial charge in [0.15, 0.2) is 0 Å². The summed E-state index contributed by atoms with van der Waals surface area (Å²) in [7, 11) is 0. The largest absolute Gasteiger partial charge is 0.481 e. The highest BCUT2D eigenvalue weighted by Gasteiger charge is 2.20. The minimum absolute atomic E-state index is 0.0655. The lowest BCUT2D eigenvalue weighted by atomic mass is 10.0. The van der Waals surface area contributed by atoms with Crippen molar-refractivity contribution in [2.45, 2.75) is 46.6 Å². The Hall–Kier alpha value is -1.06. The Balaban J connectivity index is 3.91. The number of carboxylic acid groups (broad SMARTS) is 1. The van der Waals surface area contributed by atoms with E-state index in [-0.39, 0.29) is 11.9 Å². The number of nitrogens with one attached hydrogen (secondary N) is 1. The van der Waals surface area contributed by atoms with E-state index in [1.54, 1.807) is 13.8 Å². The summed E-state index contributed by atoms with van der Waals surface area (Å²) >= 11 is 0. The van der Waals surface area contributed by atoms with Gasteiger partial charge in [0.2, 0.25) is 5.91 Å². The van der Waals surface area contributed by atoms with E-state index in [1.165, 1.54) is 0 Å². The molecule has 0 aromatic heterocycles. The molecule has 0 heterocycles. The molecule has 0 bridgehead atoms. The summed E-state index contributed by atoms with van der Waals surface area (Å²) in [4.78, 5) is 22.0. The summed E-state index contributed by atoms with van der Waals surface area (Å²) < 4.78 is 0. The van der Waals surface area contributed by atoms with Crippen molar-refractivity contribution in [3.05, 3.63) is 0 Å². The fraction of sp³-hybridized carbons (Fsp3) is 0.818. The van der Waals surface area contributed by atoms with E-state index in [1.807, 2.05) is 0 Å². The normalized spacial score (nSPS) is 14.7. The molecule has 4 nitrogen and oxygen atoms in total. The van der Waals surface area contributed by atoms with Gasteiger partial charge in [-0.15, -0.1) is 0 Å². The van der Waals surface area contributed by atoms with E-state index in [0.29, 0.717) is 12.3 Å². The van der Waals surface area contributed by atoms with Crippen LogP contribution in [0.4, 0.5) is 0 Å². The van der Waals surface area contributed by atoms with Crippen LogP contribution >= 0.6 is 0 Å². The molecular weight excluding hydrogens is 194 g/mol. The smallest absolute Gasteiger partial charge is 0.308 e. The molecule has 0 rings (SSSR count). The van der Waals surface area contributed by atoms with Crippen LogP contribution in [0.2, 0.25) is 0 Å². The summed E-state index contributed by atoms with van der Waals surface area (Å²) in [5, 5.41) is 11.4. The second-order valence-electron chi connectivity index (χ2n) is 4.42. The predicted octanol–water partition coefficient (Wildman–Crippen LogP) is 1.65. The van der Waals surface area contributed by atoms with Gasteiger partial charge in [-0.1, -0.05) is 13.8 Å². The van der Waals surface area contributed by atoms with Crippen molar-refractivity contribution in [2.75, 3.05) is 0 Å². The minimum Gasteiger partial charge on any atom is -0.481 e. The number of carboxylic acids is 1. The van der Waals surface area contributed by atoms with Crippen LogP contribution in [0.1, 0.15) is 40.5 Å². The number of hydrogen-bond donors (Lipinski definition) is 2. The van der Waals surface area contributed by atoms with Gasteiger partial charge in [0.25, 0.3) is 0 Å². The summed E-state index contributed by atoms with van der Waals surface area (Å²) in [5.74, 6) is -1.01. The fourth-order valence-corrected chi connectivity index (χ4v) is 1.08. The molecule has 15 heavy (non-hydrogen) atoms. The highest BCUT2D eigenvalue weighted by Crippen LogP contribution is 2.06. The molecule has 0 saturated heterocycles. The third-order valence-corrected chi connectivity index (χ3v) is 2.48. The Morgan fingerprint density at radius 3 is 2.13 bits per heavy atom. The second kappa shape index (κ2) is 6.43. The standard InChI is InChI=1S/C11H21NO3/c1-7(2)5-6-10(13)12-9(4)8(3)11(14)15/h7-9H,5-6H2,1-4H3,(H,12,13)(H,14,15). The van der Waals surface area contributed by atoms with Crippen LogP contribution in [0.25, 0.3) is 0 Å². The Bertz CT molecular complexity index is 226. The summed E-state index contributed by atoms with van der Waals surface area (Å²) in [6.07, 6.45) is 1.30. The molecule has 0 aliphatic heterocycles. The van der Waals surface area contributed by atoms with Crippen molar-refractivity contribution in [1.82, 2.24) is 5.32 Å². The summed E-state index contributed by atoms with van der Waals surface area (Å²) in [5.41, 5.74) is 0. The van der Waals surface area contributed by atoms with Crippen LogP contribution in [-0.4, -0.2) is 23.0 Å². The van der Waals surface area contributed by atoms with E-state index < -0.39 is 11.9 Å². The molecule has 0 aromatic carbocycles. The fourth-order valence-electron chi connectivity index (χ4n) is 1.08. The summed E-state index contributed by atoms with van der Waals surface area (Å²) in [6.45, 7) is 7.41. The van der Waals surface area contributed by atoms with Gasteiger partial charge in [0.1, 0.15) is 0 Å². The first-order valence-corrected chi connectivity index (χ1v) is 5.36. The lowest BCUT2D eigenvalue weighted by Crippen LogP contribution is -2.40. The van der Waals surface area contributed by atoms with Gasteiger partial charge in [0, 0.05) is 12.5 Å². The van der Waals surface area contributed by atoms with Crippen LogP contribution in [0.3, 0.4) is 0 Å². The Labute approximate surface area is 91.1 Å². The van der Waals surface area contributed by atoms with E-state index in [4.69, 9.17) is 5.11 Å². The highest BCUT2D eigenvalue weighted by atomic mass is 16.4. The van der Waals surface area contributed by atoms with E-state index in [2.05, 4.69) is 19.2 Å². The van der Waals surface area contributed by atoms with E-state index in [0.717, 1.165) is 6.42 Å². The van der Waals surface area contributed by atoms with Crippen molar-refractivity contribution in [2.24, 2.45) is 11.8 Å². The third kappa shape index (κ3) is 6.10. The van der Waals surface area contributed by atoms with Gasteiger partial charge in [-0.3, -0.25) is 9.59 Å². The van der Waals surface area contributed by atoms with Gasteiger partial charge in [0.05, 0.1) is 5.92 Å². The van der Waals surface area contributed by atoms with Gasteiger partial charge < -0.3 is 10.4 Å². The van der Waals surface area contributed by atoms with Crippen molar-refractivity contribution < 1.29 is 14.7 Å². The zero-order valence-electron chi connectivity index (χ0n) is 9.91. The molecule has 0 fully saturated rings. The predicted molar refractivity (Wildman–Crippen MR) is 58.5 cm³/mol. The number of hydrogen-bond acceptors (Lipinski definition) is 2. The van der Waals surface area contributed by atoms with E-state index in [9.17, 15) is 9.59 Å². The average Bonchev–Trinajstić information content (AvgIpc) is 2.13. The molecule has 1 amide bonds. The molecule has 2 unspecified atom stereocenters. The molecule has 0 radical (unpaired) electrons. The molecule has 0 aliphatic rings. The maximum atomic E-state index is 11.4. The zero-order valence-corrected chi connectivity index (χ0v) is 9.91. The molecule has 0 saturated carbocycles. The Kier molecular flexibility index (Phi) is 5.97. The first-order valence-electron chi connectivity index (χ1n) is 5.36. The molecule has 4 heteroatoms. The monoisotopic (exact) mass is 215 g/mol. The topological polar surface area (TPSA) is 66.4 Å². The molecular formula is C11H21NO3. The van der Waals surface area contributed by atoms with Gasteiger partial charge in [-0.2, -0.15) is 0 Å². The molecule has 88 valence electrons. The molecule has 0 aliphatic carbocycles. The Morgan fingerprint density at radius 2 is 1.73 bits per heavy atom. The maximum Gasteiger partial charge on any atom is 0.308 e. The lowest BCUT2D eigenvalue weighted by Gasteiger charge is -2.17. The molecule has 2 atom stereocenters. The van der Waals surface area contributed by atoms with Crippen molar-refractivity contribution in [3.63, 3.8) is 0 Å². The Morgan fingerprint density at radius 1 is 1.20 bits per heavy atom. The van der Waals surface area contributed by atoms with Crippen LogP contribution in [0.15, 0.2) is 0 Å². The molecule has 0 aromatic rings. The van der Waals surface area contributed by atoms with Crippen LogP contribution in [0.5, 0.6) is 0 Å². The number of amides is 1. The second-order valence-corrected chi connectivity index (χ2v) is 4.42. The van der Waals surface area contributed by atoms with Crippen LogP contribution < -0.4 is 5.32 Å².